The Kier molecular flexibility index (Phi) is 8.06. The van der Waals surface area contributed by atoms with Crippen molar-refractivity contribution in [2.45, 2.75) is 13.3 Å². The summed E-state index contributed by atoms with van der Waals surface area (Å²) in [6, 6.07) is 6.50. The third-order valence-electron chi connectivity index (χ3n) is 2.68. The molecule has 0 aliphatic carbocycles. The van der Waals surface area contributed by atoms with E-state index in [1.807, 2.05) is 6.92 Å². The zero-order valence-corrected chi connectivity index (χ0v) is 13.2. The van der Waals surface area contributed by atoms with Crippen LogP contribution in [0.4, 0.5) is 0 Å². The Labute approximate surface area is 133 Å². The van der Waals surface area contributed by atoms with Crippen molar-refractivity contribution >= 4 is 29.5 Å². The van der Waals surface area contributed by atoms with Crippen LogP contribution in [0.5, 0.6) is 0 Å². The van der Waals surface area contributed by atoms with E-state index in [0.717, 1.165) is 6.42 Å². The number of carboxylic acid groups (broad SMARTS) is 1. The maximum absolute atomic E-state index is 12.0. The Morgan fingerprint density at radius 3 is 2.23 bits per heavy atom. The maximum Gasteiger partial charge on any atom is 0.313 e. The van der Waals surface area contributed by atoms with Crippen molar-refractivity contribution in [1.29, 1.82) is 0 Å². The van der Waals surface area contributed by atoms with Gasteiger partial charge in [-0.2, -0.15) is 0 Å². The number of nitrogens with one attached hydrogen (secondary N) is 2. The van der Waals surface area contributed by atoms with Gasteiger partial charge in [-0.3, -0.25) is 14.4 Å². The molecule has 0 aliphatic heterocycles. The van der Waals surface area contributed by atoms with E-state index in [1.165, 1.54) is 11.8 Å². The predicted molar refractivity (Wildman–Crippen MR) is 86.4 cm³/mol. The number of rotatable bonds is 9. The average molecular weight is 324 g/mol. The molecular formula is C15H20N2O4S. The highest BCUT2D eigenvalue weighted by atomic mass is 32.2. The van der Waals surface area contributed by atoms with Crippen molar-refractivity contribution in [3.8, 4) is 0 Å². The van der Waals surface area contributed by atoms with Crippen LogP contribution in [0.1, 0.15) is 34.1 Å². The highest BCUT2D eigenvalue weighted by Crippen LogP contribution is 2.06. The summed E-state index contributed by atoms with van der Waals surface area (Å²) in [5.74, 6) is -0.811. The van der Waals surface area contributed by atoms with E-state index in [4.69, 9.17) is 5.11 Å². The van der Waals surface area contributed by atoms with Crippen molar-refractivity contribution in [1.82, 2.24) is 10.6 Å². The molecule has 0 saturated heterocycles. The molecule has 0 spiro atoms. The van der Waals surface area contributed by atoms with E-state index < -0.39 is 5.97 Å². The number of amides is 2. The highest BCUT2D eigenvalue weighted by Gasteiger charge is 2.09. The molecule has 0 bridgehead atoms. The van der Waals surface area contributed by atoms with Crippen LogP contribution in [0.15, 0.2) is 24.3 Å². The van der Waals surface area contributed by atoms with Gasteiger partial charge in [-0.1, -0.05) is 13.0 Å². The molecule has 3 N–H and O–H groups in total. The molecule has 0 aromatic heterocycles. The molecule has 0 fully saturated rings. The quantitative estimate of drug-likeness (QED) is 0.596. The summed E-state index contributed by atoms with van der Waals surface area (Å²) < 4.78 is 0. The molecule has 0 unspecified atom stereocenters. The molecule has 0 aliphatic rings. The minimum Gasteiger partial charge on any atom is -0.481 e. The summed E-state index contributed by atoms with van der Waals surface area (Å²) in [6.45, 7) is 2.94. The average Bonchev–Trinajstić information content (AvgIpc) is 2.51. The third kappa shape index (κ3) is 6.62. The summed E-state index contributed by atoms with van der Waals surface area (Å²) in [7, 11) is 0. The second kappa shape index (κ2) is 9.83. The molecule has 1 rings (SSSR count). The second-order valence-corrected chi connectivity index (χ2v) is 5.64. The molecule has 1 aromatic carbocycles. The number of thioether (sulfide) groups is 1. The Hall–Kier alpha value is -2.02. The summed E-state index contributed by atoms with van der Waals surface area (Å²) >= 11 is 1.24. The lowest BCUT2D eigenvalue weighted by Gasteiger charge is -2.07. The van der Waals surface area contributed by atoms with Crippen molar-refractivity contribution in [2.75, 3.05) is 24.6 Å². The van der Waals surface area contributed by atoms with Crippen LogP contribution in [0, 0.1) is 0 Å². The van der Waals surface area contributed by atoms with Crippen molar-refractivity contribution in [3.63, 3.8) is 0 Å². The van der Waals surface area contributed by atoms with Gasteiger partial charge in [0.2, 0.25) is 0 Å². The van der Waals surface area contributed by atoms with Gasteiger partial charge < -0.3 is 15.7 Å². The topological polar surface area (TPSA) is 95.5 Å². The fourth-order valence-corrected chi connectivity index (χ4v) is 2.21. The monoisotopic (exact) mass is 324 g/mol. The second-order valence-electron chi connectivity index (χ2n) is 4.54. The number of carbonyl (C=O) groups excluding carboxylic acids is 2. The van der Waals surface area contributed by atoms with Crippen LogP contribution in [-0.2, 0) is 4.79 Å². The zero-order chi connectivity index (χ0) is 16.4. The lowest BCUT2D eigenvalue weighted by atomic mass is 10.1. The minimum absolute atomic E-state index is 0.0168. The Balaban J connectivity index is 2.48. The number of carboxylic acids is 1. The van der Waals surface area contributed by atoms with E-state index in [0.29, 0.717) is 30.0 Å². The molecule has 0 atom stereocenters. The van der Waals surface area contributed by atoms with Crippen molar-refractivity contribution in [3.05, 3.63) is 35.4 Å². The predicted octanol–water partition coefficient (Wildman–Crippen LogP) is 1.37. The first-order chi connectivity index (χ1) is 10.5. The van der Waals surface area contributed by atoms with E-state index in [2.05, 4.69) is 10.6 Å². The molecule has 0 heterocycles. The fourth-order valence-electron chi connectivity index (χ4n) is 1.64. The maximum atomic E-state index is 12.0. The summed E-state index contributed by atoms with van der Waals surface area (Å²) in [4.78, 5) is 34.1. The standard InChI is InChI=1S/C15H20N2O4S/c1-2-6-16-14(20)11-4-3-5-12(9-11)15(21)17-7-8-22-10-13(18)19/h3-5,9H,2,6-8,10H2,1H3,(H,16,20)(H,17,21)(H,18,19). The van der Waals surface area contributed by atoms with Crippen LogP contribution in [0.25, 0.3) is 0 Å². The lowest BCUT2D eigenvalue weighted by Crippen LogP contribution is -2.27. The van der Waals surface area contributed by atoms with Crippen molar-refractivity contribution in [2.24, 2.45) is 0 Å². The van der Waals surface area contributed by atoms with Gasteiger partial charge in [0.1, 0.15) is 0 Å². The lowest BCUT2D eigenvalue weighted by molar-refractivity contribution is -0.133. The Morgan fingerprint density at radius 1 is 1.09 bits per heavy atom. The summed E-state index contributed by atoms with van der Waals surface area (Å²) in [6.07, 6.45) is 0.847. The number of hydrogen-bond donors (Lipinski definition) is 3. The number of aliphatic carboxylic acids is 1. The molecular weight excluding hydrogens is 304 g/mol. The molecule has 0 saturated carbocycles. The zero-order valence-electron chi connectivity index (χ0n) is 12.4. The molecule has 7 heteroatoms. The summed E-state index contributed by atoms with van der Waals surface area (Å²) in [5.41, 5.74) is 0.855. The first kappa shape index (κ1) is 18.0. The first-order valence-electron chi connectivity index (χ1n) is 7.00. The largest absolute Gasteiger partial charge is 0.481 e. The Bertz CT molecular complexity index is 534. The van der Waals surface area contributed by atoms with E-state index in [9.17, 15) is 14.4 Å². The van der Waals surface area contributed by atoms with Gasteiger partial charge in [-0.15, -0.1) is 11.8 Å². The fraction of sp³-hybridized carbons (Fsp3) is 0.400. The highest BCUT2D eigenvalue weighted by molar-refractivity contribution is 7.99. The van der Waals surface area contributed by atoms with Crippen LogP contribution < -0.4 is 10.6 Å². The van der Waals surface area contributed by atoms with Crippen LogP contribution >= 0.6 is 11.8 Å². The van der Waals surface area contributed by atoms with Gasteiger partial charge in [0.05, 0.1) is 5.75 Å². The molecule has 22 heavy (non-hydrogen) atoms. The minimum atomic E-state index is -0.873. The normalized spacial score (nSPS) is 10.0. The number of benzene rings is 1. The molecule has 1 aromatic rings. The molecule has 120 valence electrons. The number of hydrogen-bond acceptors (Lipinski definition) is 4. The van der Waals surface area contributed by atoms with Gasteiger partial charge in [0, 0.05) is 30.0 Å². The molecule has 0 radical (unpaired) electrons. The molecule has 6 nitrogen and oxygen atoms in total. The van der Waals surface area contributed by atoms with E-state index >= 15 is 0 Å². The third-order valence-corrected chi connectivity index (χ3v) is 3.62. The van der Waals surface area contributed by atoms with Gasteiger partial charge in [-0.25, -0.2) is 0 Å². The summed E-state index contributed by atoms with van der Waals surface area (Å²) in [5, 5.41) is 14.0. The van der Waals surface area contributed by atoms with Gasteiger partial charge in [-0.05, 0) is 24.6 Å². The smallest absolute Gasteiger partial charge is 0.313 e. The van der Waals surface area contributed by atoms with E-state index in [-0.39, 0.29) is 17.6 Å². The first-order valence-corrected chi connectivity index (χ1v) is 8.16. The number of carbonyl (C=O) groups is 3. The van der Waals surface area contributed by atoms with E-state index in [1.54, 1.807) is 24.3 Å². The van der Waals surface area contributed by atoms with Crippen LogP contribution in [0.3, 0.4) is 0 Å². The van der Waals surface area contributed by atoms with Crippen LogP contribution in [0.2, 0.25) is 0 Å². The molecule has 2 amide bonds. The SMILES string of the molecule is CCCNC(=O)c1cccc(C(=O)NCCSCC(=O)O)c1. The van der Waals surface area contributed by atoms with Gasteiger partial charge in [0.25, 0.3) is 11.8 Å². The van der Waals surface area contributed by atoms with Gasteiger partial charge >= 0.3 is 5.97 Å². The van der Waals surface area contributed by atoms with Crippen molar-refractivity contribution < 1.29 is 19.5 Å². The Morgan fingerprint density at radius 2 is 1.68 bits per heavy atom. The van der Waals surface area contributed by atoms with Gasteiger partial charge in [0.15, 0.2) is 0 Å². The van der Waals surface area contributed by atoms with Crippen LogP contribution in [-0.4, -0.2) is 47.5 Å².